The van der Waals surface area contributed by atoms with Crippen molar-refractivity contribution < 1.29 is 4.79 Å². The van der Waals surface area contributed by atoms with Crippen LogP contribution in [-0.4, -0.2) is 29.0 Å². The standard InChI is InChI=1S/C20H23ClN4O/c21-15-5-3-4-14(11-15)19-23-17-7-2-1-6-16(17)20(24-19)25-9-8-13(12-25)10-18(22)26/h3-5,11,13H,1-2,6-10,12H2,(H2,22,26). The average Bonchev–Trinajstić information content (AvgIpc) is 3.08. The van der Waals surface area contributed by atoms with Crippen LogP contribution in [0.1, 0.15) is 36.9 Å². The van der Waals surface area contributed by atoms with E-state index in [0.717, 1.165) is 55.3 Å². The molecule has 26 heavy (non-hydrogen) atoms. The molecule has 2 aliphatic rings. The number of halogens is 1. The molecular weight excluding hydrogens is 348 g/mol. The molecule has 1 amide bonds. The van der Waals surface area contributed by atoms with E-state index < -0.39 is 0 Å². The van der Waals surface area contributed by atoms with Gasteiger partial charge in [0.25, 0.3) is 0 Å². The molecule has 0 spiro atoms. The van der Waals surface area contributed by atoms with Crippen LogP contribution in [-0.2, 0) is 17.6 Å². The van der Waals surface area contributed by atoms with Crippen LogP contribution in [0.3, 0.4) is 0 Å². The number of aromatic nitrogens is 2. The van der Waals surface area contributed by atoms with Gasteiger partial charge in [0, 0.05) is 41.4 Å². The molecule has 2 aromatic rings. The zero-order valence-corrected chi connectivity index (χ0v) is 15.5. The Morgan fingerprint density at radius 3 is 2.92 bits per heavy atom. The zero-order valence-electron chi connectivity index (χ0n) is 14.7. The zero-order chi connectivity index (χ0) is 18.1. The molecule has 1 saturated heterocycles. The number of fused-ring (bicyclic) bond motifs is 1. The third-order valence-corrected chi connectivity index (χ3v) is 5.55. The predicted molar refractivity (Wildman–Crippen MR) is 103 cm³/mol. The lowest BCUT2D eigenvalue weighted by Gasteiger charge is -2.25. The maximum Gasteiger partial charge on any atom is 0.217 e. The van der Waals surface area contributed by atoms with Crippen molar-refractivity contribution in [2.24, 2.45) is 11.7 Å². The highest BCUT2D eigenvalue weighted by atomic mass is 35.5. The lowest BCUT2D eigenvalue weighted by Crippen LogP contribution is -2.26. The molecule has 136 valence electrons. The minimum absolute atomic E-state index is 0.221. The molecule has 1 aliphatic carbocycles. The van der Waals surface area contributed by atoms with Gasteiger partial charge in [-0.1, -0.05) is 23.7 Å². The van der Waals surface area contributed by atoms with Gasteiger partial charge in [0.1, 0.15) is 5.82 Å². The molecule has 0 radical (unpaired) electrons. The Bertz CT molecular complexity index is 839. The second kappa shape index (κ2) is 7.23. The number of hydrogen-bond acceptors (Lipinski definition) is 4. The summed E-state index contributed by atoms with van der Waals surface area (Å²) >= 11 is 6.16. The fraction of sp³-hybridized carbons (Fsp3) is 0.450. The first-order valence-corrected chi connectivity index (χ1v) is 9.67. The lowest BCUT2D eigenvalue weighted by molar-refractivity contribution is -0.118. The molecule has 1 unspecified atom stereocenters. The van der Waals surface area contributed by atoms with Crippen LogP contribution in [0.15, 0.2) is 24.3 Å². The van der Waals surface area contributed by atoms with E-state index >= 15 is 0 Å². The highest BCUT2D eigenvalue weighted by Crippen LogP contribution is 2.34. The molecule has 1 aromatic carbocycles. The number of aryl methyl sites for hydroxylation is 1. The number of nitrogens with two attached hydrogens (primary N) is 1. The summed E-state index contributed by atoms with van der Waals surface area (Å²) in [5.41, 5.74) is 8.77. The molecule has 5 nitrogen and oxygen atoms in total. The fourth-order valence-corrected chi connectivity index (χ4v) is 4.26. The minimum atomic E-state index is -0.221. The highest BCUT2D eigenvalue weighted by Gasteiger charge is 2.29. The van der Waals surface area contributed by atoms with Crippen LogP contribution >= 0.6 is 11.6 Å². The van der Waals surface area contributed by atoms with Gasteiger partial charge in [-0.25, -0.2) is 9.97 Å². The van der Waals surface area contributed by atoms with Crippen LogP contribution in [0, 0.1) is 5.92 Å². The summed E-state index contributed by atoms with van der Waals surface area (Å²) in [6, 6.07) is 7.70. The van der Waals surface area contributed by atoms with Crippen LogP contribution in [0.2, 0.25) is 5.02 Å². The first-order valence-electron chi connectivity index (χ1n) is 9.29. The van der Waals surface area contributed by atoms with Crippen LogP contribution in [0.5, 0.6) is 0 Å². The number of rotatable bonds is 4. The second-order valence-corrected chi connectivity index (χ2v) is 7.72. The van der Waals surface area contributed by atoms with Crippen LogP contribution in [0.25, 0.3) is 11.4 Å². The Labute approximate surface area is 158 Å². The van der Waals surface area contributed by atoms with Crippen LogP contribution < -0.4 is 10.6 Å². The van der Waals surface area contributed by atoms with Crippen molar-refractivity contribution in [1.29, 1.82) is 0 Å². The SMILES string of the molecule is NC(=O)CC1CCN(c2nc(-c3cccc(Cl)c3)nc3c2CCCC3)C1. The predicted octanol–water partition coefficient (Wildman–Crippen LogP) is 3.38. The van der Waals surface area contributed by atoms with E-state index in [1.165, 1.54) is 18.4 Å². The van der Waals surface area contributed by atoms with Crippen molar-refractivity contribution >= 4 is 23.3 Å². The van der Waals surface area contributed by atoms with Crippen molar-refractivity contribution in [1.82, 2.24) is 9.97 Å². The molecule has 2 N–H and O–H groups in total. The summed E-state index contributed by atoms with van der Waals surface area (Å²) in [6.45, 7) is 1.75. The number of anilines is 1. The van der Waals surface area contributed by atoms with Crippen molar-refractivity contribution in [3.63, 3.8) is 0 Å². The normalized spacial score (nSPS) is 19.4. The van der Waals surface area contributed by atoms with E-state index in [0.29, 0.717) is 17.4 Å². The molecule has 4 rings (SSSR count). The van der Waals surface area contributed by atoms with Gasteiger partial charge in [0.2, 0.25) is 5.91 Å². The smallest absolute Gasteiger partial charge is 0.217 e. The third-order valence-electron chi connectivity index (χ3n) is 5.32. The van der Waals surface area contributed by atoms with Gasteiger partial charge in [0.05, 0.1) is 0 Å². The van der Waals surface area contributed by atoms with E-state index in [1.807, 2.05) is 24.3 Å². The molecule has 1 fully saturated rings. The Morgan fingerprint density at radius 2 is 2.12 bits per heavy atom. The van der Waals surface area contributed by atoms with Crippen molar-refractivity contribution in [2.45, 2.75) is 38.5 Å². The average molecular weight is 371 g/mol. The highest BCUT2D eigenvalue weighted by molar-refractivity contribution is 6.30. The molecule has 2 heterocycles. The summed E-state index contributed by atoms with van der Waals surface area (Å²) in [5.74, 6) is 1.87. The Kier molecular flexibility index (Phi) is 4.81. The number of carbonyl (C=O) groups excluding carboxylic acids is 1. The maximum atomic E-state index is 11.3. The summed E-state index contributed by atoms with van der Waals surface area (Å²) in [7, 11) is 0. The van der Waals surface area contributed by atoms with Gasteiger partial charge in [-0.05, 0) is 50.2 Å². The Balaban J connectivity index is 1.71. The molecule has 6 heteroatoms. The van der Waals surface area contributed by atoms with Gasteiger partial charge in [-0.2, -0.15) is 0 Å². The van der Waals surface area contributed by atoms with Gasteiger partial charge >= 0.3 is 0 Å². The molecule has 0 saturated carbocycles. The number of carbonyl (C=O) groups is 1. The lowest BCUT2D eigenvalue weighted by atomic mass is 9.95. The second-order valence-electron chi connectivity index (χ2n) is 7.28. The van der Waals surface area contributed by atoms with Gasteiger partial charge in [-0.15, -0.1) is 0 Å². The minimum Gasteiger partial charge on any atom is -0.370 e. The number of hydrogen-bond donors (Lipinski definition) is 1. The topological polar surface area (TPSA) is 72.1 Å². The number of benzene rings is 1. The quantitative estimate of drug-likeness (QED) is 0.895. The van der Waals surface area contributed by atoms with E-state index in [9.17, 15) is 4.79 Å². The Hall–Kier alpha value is -2.14. The summed E-state index contributed by atoms with van der Waals surface area (Å²) in [6.07, 6.45) is 5.80. The van der Waals surface area contributed by atoms with E-state index in [1.54, 1.807) is 0 Å². The van der Waals surface area contributed by atoms with Crippen molar-refractivity contribution in [3.8, 4) is 11.4 Å². The molecular formula is C20H23ClN4O. The van der Waals surface area contributed by atoms with Crippen LogP contribution in [0.4, 0.5) is 5.82 Å². The largest absolute Gasteiger partial charge is 0.370 e. The fourth-order valence-electron chi connectivity index (χ4n) is 4.07. The first-order chi connectivity index (χ1) is 12.6. The van der Waals surface area contributed by atoms with Crippen molar-refractivity contribution in [3.05, 3.63) is 40.5 Å². The van der Waals surface area contributed by atoms with E-state index in [2.05, 4.69) is 4.90 Å². The van der Waals surface area contributed by atoms with E-state index in [4.69, 9.17) is 27.3 Å². The van der Waals surface area contributed by atoms with E-state index in [-0.39, 0.29) is 5.91 Å². The summed E-state index contributed by atoms with van der Waals surface area (Å²) in [4.78, 5) is 23.4. The van der Waals surface area contributed by atoms with Crippen molar-refractivity contribution in [2.75, 3.05) is 18.0 Å². The summed E-state index contributed by atoms with van der Waals surface area (Å²) < 4.78 is 0. The molecule has 0 bridgehead atoms. The maximum absolute atomic E-state index is 11.3. The molecule has 1 aliphatic heterocycles. The molecule has 1 atom stereocenters. The number of primary amides is 1. The third kappa shape index (κ3) is 3.54. The van der Waals surface area contributed by atoms with Gasteiger partial charge in [-0.3, -0.25) is 4.79 Å². The number of nitrogens with zero attached hydrogens (tertiary/aromatic N) is 3. The number of amides is 1. The first kappa shape index (κ1) is 17.3. The monoisotopic (exact) mass is 370 g/mol. The van der Waals surface area contributed by atoms with Gasteiger partial charge in [0.15, 0.2) is 5.82 Å². The molecule has 1 aromatic heterocycles. The van der Waals surface area contributed by atoms with Gasteiger partial charge < -0.3 is 10.6 Å². The Morgan fingerprint density at radius 1 is 1.27 bits per heavy atom. The summed E-state index contributed by atoms with van der Waals surface area (Å²) in [5, 5.41) is 0.688.